The molecule has 0 bridgehead atoms. The Labute approximate surface area is 162 Å². The van der Waals surface area contributed by atoms with Gasteiger partial charge in [-0.25, -0.2) is 8.42 Å². The number of amides is 1. The average Bonchev–Trinajstić information content (AvgIpc) is 3.10. The monoisotopic (exact) mass is 404 g/mol. The summed E-state index contributed by atoms with van der Waals surface area (Å²) in [6.07, 6.45) is 1.64. The number of sulfone groups is 1. The highest BCUT2D eigenvalue weighted by atomic mass is 35.5. The minimum Gasteiger partial charge on any atom is -0.455 e. The van der Waals surface area contributed by atoms with Gasteiger partial charge < -0.3 is 9.73 Å². The number of rotatable bonds is 7. The third-order valence-corrected chi connectivity index (χ3v) is 5.58. The van der Waals surface area contributed by atoms with E-state index in [2.05, 4.69) is 10.3 Å². The number of halogens is 1. The first kappa shape index (κ1) is 19.1. The van der Waals surface area contributed by atoms with Gasteiger partial charge in [0.15, 0.2) is 15.6 Å². The number of hydrogen-bond acceptors (Lipinski definition) is 5. The molecule has 0 aliphatic carbocycles. The molecule has 0 saturated heterocycles. The van der Waals surface area contributed by atoms with E-state index in [0.29, 0.717) is 16.3 Å². The van der Waals surface area contributed by atoms with Crippen molar-refractivity contribution in [3.8, 4) is 0 Å². The zero-order chi connectivity index (χ0) is 19.3. The Balaban J connectivity index is 1.61. The summed E-state index contributed by atoms with van der Waals surface area (Å²) in [6.45, 7) is 0.251. The second-order valence-corrected chi connectivity index (χ2v) is 8.37. The molecule has 0 atom stereocenters. The van der Waals surface area contributed by atoms with Gasteiger partial charge in [0, 0.05) is 11.2 Å². The molecule has 1 N–H and O–H groups in total. The van der Waals surface area contributed by atoms with Crippen molar-refractivity contribution in [2.24, 2.45) is 0 Å². The molecular formula is C19H17ClN2O4S. The Hall–Kier alpha value is -2.64. The number of carbonyl (C=O) groups is 1. The Kier molecular flexibility index (Phi) is 5.93. The van der Waals surface area contributed by atoms with E-state index in [1.807, 2.05) is 6.07 Å². The molecule has 1 amide bonds. The topological polar surface area (TPSA) is 89.3 Å². The van der Waals surface area contributed by atoms with Gasteiger partial charge in [0.1, 0.15) is 11.5 Å². The molecular weight excluding hydrogens is 388 g/mol. The molecule has 0 spiro atoms. The van der Waals surface area contributed by atoms with Crippen LogP contribution in [0, 0.1) is 0 Å². The first-order chi connectivity index (χ1) is 12.9. The largest absolute Gasteiger partial charge is 0.455 e. The maximum atomic E-state index is 12.4. The van der Waals surface area contributed by atoms with Crippen LogP contribution in [0.3, 0.4) is 0 Å². The van der Waals surface area contributed by atoms with E-state index in [1.54, 1.807) is 42.6 Å². The smallest absolute Gasteiger partial charge is 0.287 e. The third kappa shape index (κ3) is 5.42. The first-order valence-corrected chi connectivity index (χ1v) is 10.3. The van der Waals surface area contributed by atoms with Crippen LogP contribution in [0.4, 0.5) is 0 Å². The predicted octanol–water partition coefficient (Wildman–Crippen LogP) is 3.37. The highest BCUT2D eigenvalue weighted by Gasteiger charge is 2.19. The summed E-state index contributed by atoms with van der Waals surface area (Å²) in [5.41, 5.74) is 1.24. The van der Waals surface area contributed by atoms with Gasteiger partial charge in [-0.05, 0) is 35.9 Å². The fourth-order valence-corrected chi connectivity index (χ4v) is 4.16. The number of hydrogen-bond donors (Lipinski definition) is 1. The van der Waals surface area contributed by atoms with Gasteiger partial charge in [0.2, 0.25) is 0 Å². The van der Waals surface area contributed by atoms with E-state index in [-0.39, 0.29) is 29.6 Å². The van der Waals surface area contributed by atoms with Crippen LogP contribution < -0.4 is 5.32 Å². The van der Waals surface area contributed by atoms with Gasteiger partial charge in [0.25, 0.3) is 5.91 Å². The summed E-state index contributed by atoms with van der Waals surface area (Å²) in [6, 6.07) is 15.1. The number of aromatic nitrogens is 1. The summed E-state index contributed by atoms with van der Waals surface area (Å²) < 4.78 is 30.2. The van der Waals surface area contributed by atoms with Crippen molar-refractivity contribution in [2.75, 3.05) is 0 Å². The quantitative estimate of drug-likeness (QED) is 0.652. The van der Waals surface area contributed by atoms with Gasteiger partial charge >= 0.3 is 0 Å². The first-order valence-electron chi connectivity index (χ1n) is 8.13. The fraction of sp³-hybridized carbons (Fsp3) is 0.158. The fourth-order valence-electron chi connectivity index (χ4n) is 2.46. The van der Waals surface area contributed by atoms with Gasteiger partial charge in [-0.2, -0.15) is 0 Å². The molecule has 2 aromatic heterocycles. The van der Waals surface area contributed by atoms with Crippen molar-refractivity contribution in [3.05, 3.63) is 88.6 Å². The zero-order valence-corrected chi connectivity index (χ0v) is 15.8. The minimum atomic E-state index is -3.50. The lowest BCUT2D eigenvalue weighted by molar-refractivity contribution is 0.0921. The van der Waals surface area contributed by atoms with Crippen LogP contribution in [-0.4, -0.2) is 19.3 Å². The highest BCUT2D eigenvalue weighted by Crippen LogP contribution is 2.20. The molecule has 0 unspecified atom stereocenters. The molecule has 0 fully saturated rings. The second kappa shape index (κ2) is 8.37. The summed E-state index contributed by atoms with van der Waals surface area (Å²) >= 11 is 6.02. The van der Waals surface area contributed by atoms with Crippen molar-refractivity contribution in [3.63, 3.8) is 0 Å². The van der Waals surface area contributed by atoms with E-state index in [1.165, 1.54) is 12.1 Å². The molecule has 0 aliphatic rings. The lowest BCUT2D eigenvalue weighted by Crippen LogP contribution is -2.22. The van der Waals surface area contributed by atoms with Crippen molar-refractivity contribution in [1.29, 1.82) is 0 Å². The van der Waals surface area contributed by atoms with Crippen LogP contribution in [0.2, 0.25) is 5.02 Å². The number of nitrogens with one attached hydrogen (secondary N) is 1. The predicted molar refractivity (Wildman–Crippen MR) is 102 cm³/mol. The minimum absolute atomic E-state index is 0.0499. The zero-order valence-electron chi connectivity index (χ0n) is 14.3. The Morgan fingerprint density at radius 1 is 1.04 bits per heavy atom. The van der Waals surface area contributed by atoms with Gasteiger partial charge in [-0.1, -0.05) is 35.9 Å². The SMILES string of the molecule is O=C(NCc1ccccn1)c1ccc(CS(=O)(=O)Cc2ccccc2Cl)o1. The molecule has 0 saturated carbocycles. The van der Waals surface area contributed by atoms with E-state index in [4.69, 9.17) is 16.0 Å². The normalized spacial score (nSPS) is 11.3. The Morgan fingerprint density at radius 3 is 2.56 bits per heavy atom. The number of carbonyl (C=O) groups excluding carboxylic acids is 1. The van der Waals surface area contributed by atoms with Crippen LogP contribution in [0.1, 0.15) is 27.6 Å². The number of pyridine rings is 1. The lowest BCUT2D eigenvalue weighted by atomic mass is 10.2. The van der Waals surface area contributed by atoms with Gasteiger partial charge in [0.05, 0.1) is 18.0 Å². The van der Waals surface area contributed by atoms with Crippen molar-refractivity contribution < 1.29 is 17.6 Å². The molecule has 8 heteroatoms. The van der Waals surface area contributed by atoms with Crippen LogP contribution in [-0.2, 0) is 27.9 Å². The van der Waals surface area contributed by atoms with Crippen LogP contribution in [0.5, 0.6) is 0 Å². The van der Waals surface area contributed by atoms with E-state index in [9.17, 15) is 13.2 Å². The standard InChI is InChI=1S/C19H17ClN2O4S/c20-17-7-2-1-5-14(17)12-27(24,25)13-16-8-9-18(26-16)19(23)22-11-15-6-3-4-10-21-15/h1-10H,11-13H2,(H,22,23). The van der Waals surface area contributed by atoms with E-state index < -0.39 is 15.7 Å². The maximum absolute atomic E-state index is 12.4. The van der Waals surface area contributed by atoms with Gasteiger partial charge in [-0.3, -0.25) is 9.78 Å². The molecule has 3 aromatic rings. The molecule has 27 heavy (non-hydrogen) atoms. The van der Waals surface area contributed by atoms with Crippen molar-refractivity contribution in [1.82, 2.24) is 10.3 Å². The average molecular weight is 405 g/mol. The van der Waals surface area contributed by atoms with Crippen molar-refractivity contribution in [2.45, 2.75) is 18.1 Å². The molecule has 6 nitrogen and oxygen atoms in total. The third-order valence-electron chi connectivity index (χ3n) is 3.74. The van der Waals surface area contributed by atoms with Crippen molar-refractivity contribution >= 4 is 27.3 Å². The number of benzene rings is 1. The van der Waals surface area contributed by atoms with Gasteiger partial charge in [-0.15, -0.1) is 0 Å². The highest BCUT2D eigenvalue weighted by molar-refractivity contribution is 7.89. The second-order valence-electron chi connectivity index (χ2n) is 5.89. The molecule has 1 aromatic carbocycles. The molecule has 3 rings (SSSR count). The van der Waals surface area contributed by atoms with Crippen LogP contribution in [0.25, 0.3) is 0 Å². The molecule has 140 valence electrons. The lowest BCUT2D eigenvalue weighted by Gasteiger charge is -2.05. The molecule has 2 heterocycles. The van der Waals surface area contributed by atoms with E-state index in [0.717, 1.165) is 0 Å². The summed E-state index contributed by atoms with van der Waals surface area (Å²) in [5.74, 6) is -0.699. The molecule has 0 aliphatic heterocycles. The number of furan rings is 1. The molecule has 0 radical (unpaired) electrons. The Bertz CT molecular complexity index is 1030. The van der Waals surface area contributed by atoms with Crippen LogP contribution >= 0.6 is 11.6 Å². The summed E-state index contributed by atoms with van der Waals surface area (Å²) in [7, 11) is -3.50. The maximum Gasteiger partial charge on any atom is 0.287 e. The van der Waals surface area contributed by atoms with Crippen LogP contribution in [0.15, 0.2) is 65.2 Å². The summed E-state index contributed by atoms with van der Waals surface area (Å²) in [5, 5.41) is 3.07. The Morgan fingerprint density at radius 2 is 1.81 bits per heavy atom. The number of nitrogens with zero attached hydrogens (tertiary/aromatic N) is 1. The van der Waals surface area contributed by atoms with E-state index >= 15 is 0 Å². The summed E-state index contributed by atoms with van der Waals surface area (Å²) in [4.78, 5) is 16.2.